The van der Waals surface area contributed by atoms with E-state index in [9.17, 15) is 22.4 Å². The van der Waals surface area contributed by atoms with E-state index in [-0.39, 0.29) is 22.4 Å². The van der Waals surface area contributed by atoms with E-state index in [1.807, 2.05) is 0 Å². The van der Waals surface area contributed by atoms with Crippen molar-refractivity contribution in [3.05, 3.63) is 53.3 Å². The Hall–Kier alpha value is -2.57. The van der Waals surface area contributed by atoms with Gasteiger partial charge in [-0.3, -0.25) is 0 Å². The van der Waals surface area contributed by atoms with Crippen LogP contribution < -0.4 is 4.74 Å². The number of rotatable bonds is 3. The van der Waals surface area contributed by atoms with Crippen molar-refractivity contribution in [2.75, 3.05) is 7.11 Å². The van der Waals surface area contributed by atoms with Crippen LogP contribution in [0.15, 0.2) is 36.4 Å². The second-order valence-corrected chi connectivity index (χ2v) is 4.41. The fraction of sp³-hybridized carbons (Fsp3) is 0.133. The van der Waals surface area contributed by atoms with Gasteiger partial charge in [0.05, 0.1) is 18.2 Å². The first-order valence-corrected chi connectivity index (χ1v) is 6.02. The number of benzene rings is 2. The van der Waals surface area contributed by atoms with Gasteiger partial charge in [0.15, 0.2) is 0 Å². The summed E-state index contributed by atoms with van der Waals surface area (Å²) in [6.07, 6.45) is -4.63. The van der Waals surface area contributed by atoms with Crippen molar-refractivity contribution in [2.24, 2.45) is 0 Å². The first-order chi connectivity index (χ1) is 10.2. The lowest BCUT2D eigenvalue weighted by molar-refractivity contribution is -0.137. The summed E-state index contributed by atoms with van der Waals surface area (Å²) in [6, 6.07) is 5.42. The Kier molecular flexibility index (Phi) is 4.07. The highest BCUT2D eigenvalue weighted by Crippen LogP contribution is 2.37. The van der Waals surface area contributed by atoms with Crippen LogP contribution >= 0.6 is 0 Å². The van der Waals surface area contributed by atoms with Crippen molar-refractivity contribution in [1.82, 2.24) is 0 Å². The third-order valence-electron chi connectivity index (χ3n) is 3.03. The van der Waals surface area contributed by atoms with Crippen LogP contribution in [0.5, 0.6) is 5.75 Å². The highest BCUT2D eigenvalue weighted by atomic mass is 19.4. The fourth-order valence-corrected chi connectivity index (χ4v) is 2.02. The summed E-state index contributed by atoms with van der Waals surface area (Å²) in [6.45, 7) is 0. The van der Waals surface area contributed by atoms with Gasteiger partial charge in [-0.15, -0.1) is 0 Å². The molecule has 22 heavy (non-hydrogen) atoms. The van der Waals surface area contributed by atoms with E-state index in [1.165, 1.54) is 13.2 Å². The summed E-state index contributed by atoms with van der Waals surface area (Å²) < 4.78 is 56.6. The number of halogens is 4. The number of alkyl halides is 3. The molecule has 0 atom stereocenters. The van der Waals surface area contributed by atoms with Crippen molar-refractivity contribution >= 4 is 5.97 Å². The number of carboxylic acid groups (broad SMARTS) is 1. The molecule has 1 N–H and O–H groups in total. The van der Waals surface area contributed by atoms with Crippen LogP contribution in [0.4, 0.5) is 17.6 Å². The van der Waals surface area contributed by atoms with Crippen LogP contribution in [0, 0.1) is 5.82 Å². The van der Waals surface area contributed by atoms with E-state index in [2.05, 4.69) is 0 Å². The molecule has 0 bridgehead atoms. The number of hydrogen-bond donors (Lipinski definition) is 1. The van der Waals surface area contributed by atoms with Gasteiger partial charge >= 0.3 is 12.1 Å². The van der Waals surface area contributed by atoms with Gasteiger partial charge < -0.3 is 9.84 Å². The maximum absolute atomic E-state index is 13.2. The molecule has 0 aliphatic rings. The molecule has 7 heteroatoms. The van der Waals surface area contributed by atoms with Crippen LogP contribution in [0.25, 0.3) is 11.1 Å². The van der Waals surface area contributed by atoms with E-state index in [0.717, 1.165) is 18.2 Å². The Bertz CT molecular complexity index is 723. The third kappa shape index (κ3) is 3.03. The molecule has 116 valence electrons. The Balaban J connectivity index is 2.74. The normalized spacial score (nSPS) is 11.3. The molecule has 0 radical (unpaired) electrons. The van der Waals surface area contributed by atoms with Crippen LogP contribution in [0.3, 0.4) is 0 Å². The van der Waals surface area contributed by atoms with Gasteiger partial charge in [0.2, 0.25) is 0 Å². The number of carbonyl (C=O) groups is 1. The first-order valence-electron chi connectivity index (χ1n) is 6.02. The largest absolute Gasteiger partial charge is 0.496 e. The summed E-state index contributed by atoms with van der Waals surface area (Å²) in [4.78, 5) is 11.2. The highest BCUT2D eigenvalue weighted by Gasteiger charge is 2.32. The van der Waals surface area contributed by atoms with Gasteiger partial charge in [0.1, 0.15) is 11.6 Å². The average Bonchev–Trinajstić information content (AvgIpc) is 2.45. The summed E-state index contributed by atoms with van der Waals surface area (Å²) in [7, 11) is 1.21. The predicted molar refractivity (Wildman–Crippen MR) is 70.3 cm³/mol. The molecule has 0 aliphatic carbocycles. The smallest absolute Gasteiger partial charge is 0.416 e. The predicted octanol–water partition coefficient (Wildman–Crippen LogP) is 4.22. The quantitative estimate of drug-likeness (QED) is 0.863. The minimum Gasteiger partial charge on any atom is -0.496 e. The molecule has 0 aromatic heterocycles. The second kappa shape index (κ2) is 5.67. The number of hydrogen-bond acceptors (Lipinski definition) is 2. The number of ether oxygens (including phenoxy) is 1. The summed E-state index contributed by atoms with van der Waals surface area (Å²) in [5.41, 5.74) is -1.47. The molecule has 2 rings (SSSR count). The average molecular weight is 314 g/mol. The minimum atomic E-state index is -4.63. The Morgan fingerprint density at radius 2 is 1.77 bits per heavy atom. The molecule has 3 nitrogen and oxygen atoms in total. The van der Waals surface area contributed by atoms with Crippen LogP contribution in [0.1, 0.15) is 15.9 Å². The maximum Gasteiger partial charge on any atom is 0.416 e. The topological polar surface area (TPSA) is 46.5 Å². The molecule has 0 saturated carbocycles. The van der Waals surface area contributed by atoms with Gasteiger partial charge in [0.25, 0.3) is 0 Å². The lowest BCUT2D eigenvalue weighted by Crippen LogP contribution is -2.08. The number of carboxylic acids is 1. The Labute approximate surface area is 122 Å². The maximum atomic E-state index is 13.2. The zero-order chi connectivity index (χ0) is 16.5. The zero-order valence-electron chi connectivity index (χ0n) is 11.2. The second-order valence-electron chi connectivity index (χ2n) is 4.41. The highest BCUT2D eigenvalue weighted by molar-refractivity contribution is 5.97. The Morgan fingerprint density at radius 1 is 1.09 bits per heavy atom. The lowest BCUT2D eigenvalue weighted by Gasteiger charge is -2.14. The minimum absolute atomic E-state index is 0.0539. The number of aromatic carboxylic acids is 1. The van der Waals surface area contributed by atoms with Gasteiger partial charge in [-0.05, 0) is 30.3 Å². The molecule has 0 amide bonds. The van der Waals surface area contributed by atoms with Gasteiger partial charge in [-0.1, -0.05) is 0 Å². The van der Waals surface area contributed by atoms with E-state index >= 15 is 0 Å². The molecule has 2 aromatic rings. The van der Waals surface area contributed by atoms with Crippen molar-refractivity contribution in [1.29, 1.82) is 0 Å². The molecule has 0 fully saturated rings. The standard InChI is InChI=1S/C15H10F4O3/c1-22-13-7-9(16)3-5-10(13)12-6-8(15(17,18)19)2-4-11(12)14(20)21/h2-7H,1H3,(H,20,21). The molecule has 0 heterocycles. The lowest BCUT2D eigenvalue weighted by atomic mass is 9.96. The van der Waals surface area contributed by atoms with Crippen molar-refractivity contribution in [2.45, 2.75) is 6.18 Å². The zero-order valence-corrected chi connectivity index (χ0v) is 11.2. The Morgan fingerprint density at radius 3 is 2.32 bits per heavy atom. The van der Waals surface area contributed by atoms with Gasteiger partial charge in [-0.25, -0.2) is 9.18 Å². The van der Waals surface area contributed by atoms with Gasteiger partial charge in [0, 0.05) is 17.2 Å². The summed E-state index contributed by atoms with van der Waals surface area (Å²) in [5, 5.41) is 9.14. The molecule has 0 saturated heterocycles. The molecular weight excluding hydrogens is 304 g/mol. The summed E-state index contributed by atoms with van der Waals surface area (Å²) in [5.74, 6) is -2.10. The molecule has 0 aliphatic heterocycles. The molecule has 0 spiro atoms. The molecule has 2 aromatic carbocycles. The summed E-state index contributed by atoms with van der Waals surface area (Å²) >= 11 is 0. The van der Waals surface area contributed by atoms with E-state index in [0.29, 0.717) is 12.1 Å². The van der Waals surface area contributed by atoms with Crippen molar-refractivity contribution in [3.8, 4) is 16.9 Å². The van der Waals surface area contributed by atoms with E-state index in [4.69, 9.17) is 9.84 Å². The number of methoxy groups -OCH3 is 1. The molecule has 0 unspecified atom stereocenters. The van der Waals surface area contributed by atoms with E-state index in [1.54, 1.807) is 0 Å². The van der Waals surface area contributed by atoms with Crippen molar-refractivity contribution in [3.63, 3.8) is 0 Å². The van der Waals surface area contributed by atoms with Crippen LogP contribution in [0.2, 0.25) is 0 Å². The van der Waals surface area contributed by atoms with Crippen molar-refractivity contribution < 1.29 is 32.2 Å². The fourth-order valence-electron chi connectivity index (χ4n) is 2.02. The molecular formula is C15H10F4O3. The van der Waals surface area contributed by atoms with Crippen LogP contribution in [-0.2, 0) is 6.18 Å². The third-order valence-corrected chi connectivity index (χ3v) is 3.03. The van der Waals surface area contributed by atoms with E-state index < -0.39 is 23.5 Å². The first kappa shape index (κ1) is 15.8. The van der Waals surface area contributed by atoms with Crippen LogP contribution in [-0.4, -0.2) is 18.2 Å². The SMILES string of the molecule is COc1cc(F)ccc1-c1cc(C(F)(F)F)ccc1C(=O)O. The monoisotopic (exact) mass is 314 g/mol. The van der Waals surface area contributed by atoms with Gasteiger partial charge in [-0.2, -0.15) is 13.2 Å².